The van der Waals surface area contributed by atoms with Crippen LogP contribution in [-0.2, 0) is 20.6 Å². The van der Waals surface area contributed by atoms with Gasteiger partial charge in [0, 0.05) is 39.8 Å². The number of nitrogens with one attached hydrogen (secondary N) is 1. The molecule has 2 heterocycles. The first kappa shape index (κ1) is 23.9. The highest BCUT2D eigenvalue weighted by atomic mass is 127. The number of aromatic nitrogens is 2. The Morgan fingerprint density at radius 3 is 2.88 bits per heavy atom. The molecule has 1 aromatic carbocycles. The van der Waals surface area contributed by atoms with E-state index in [2.05, 4.69) is 4.98 Å². The monoisotopic (exact) mass is 561 g/mol. The molecular formula is C19H20IN3O9. The van der Waals surface area contributed by atoms with E-state index in [0.29, 0.717) is 14.7 Å². The van der Waals surface area contributed by atoms with Crippen molar-refractivity contribution in [1.29, 1.82) is 0 Å². The smallest absolute Gasteiger partial charge is 0.434 e. The highest BCUT2D eigenvalue weighted by Gasteiger charge is 2.36. The topological polar surface area (TPSA) is 163 Å². The third-order valence-electron chi connectivity index (χ3n) is 4.89. The van der Waals surface area contributed by atoms with Crippen molar-refractivity contribution in [3.8, 4) is 0 Å². The van der Waals surface area contributed by atoms with Crippen LogP contribution in [0.15, 0.2) is 34.0 Å². The number of H-pyrrole nitrogens is 1. The van der Waals surface area contributed by atoms with Gasteiger partial charge in [0.05, 0.1) is 17.6 Å². The summed E-state index contributed by atoms with van der Waals surface area (Å²) >= 11 is 1.97. The Labute approximate surface area is 194 Å². The number of rotatable bonds is 7. The van der Waals surface area contributed by atoms with E-state index in [9.17, 15) is 29.6 Å². The maximum absolute atomic E-state index is 12.0. The molecule has 32 heavy (non-hydrogen) atoms. The molecule has 0 radical (unpaired) electrons. The van der Waals surface area contributed by atoms with E-state index in [4.69, 9.17) is 14.2 Å². The van der Waals surface area contributed by atoms with Crippen LogP contribution in [0.2, 0.25) is 0 Å². The molecule has 0 amide bonds. The summed E-state index contributed by atoms with van der Waals surface area (Å²) in [6.07, 6.45) is -2.24. The quantitative estimate of drug-likeness (QED) is 0.220. The van der Waals surface area contributed by atoms with Crippen LogP contribution in [0.25, 0.3) is 0 Å². The SMILES string of the molecule is Cc1cn([C@H]2C[C@H](O)[C@@H](COC(=O)OCCc3c(I)cccc3[N+](=O)[O-])O2)c(=O)[nH]c1=O. The molecule has 2 aromatic rings. The molecule has 1 fully saturated rings. The highest BCUT2D eigenvalue weighted by Crippen LogP contribution is 2.28. The summed E-state index contributed by atoms with van der Waals surface area (Å²) in [5, 5.41) is 21.3. The van der Waals surface area contributed by atoms with E-state index in [1.54, 1.807) is 12.1 Å². The summed E-state index contributed by atoms with van der Waals surface area (Å²) in [6, 6.07) is 4.66. The number of aliphatic hydroxyl groups is 1. The molecule has 13 heteroatoms. The van der Waals surface area contributed by atoms with Gasteiger partial charge in [0.25, 0.3) is 11.2 Å². The molecule has 12 nitrogen and oxygen atoms in total. The van der Waals surface area contributed by atoms with Gasteiger partial charge in [-0.25, -0.2) is 9.59 Å². The summed E-state index contributed by atoms with van der Waals surface area (Å²) in [5.41, 5.74) is -0.495. The van der Waals surface area contributed by atoms with Gasteiger partial charge in [0.1, 0.15) is 18.9 Å². The lowest BCUT2D eigenvalue weighted by atomic mass is 10.1. The molecule has 172 valence electrons. The van der Waals surface area contributed by atoms with Gasteiger partial charge in [-0.2, -0.15) is 0 Å². The minimum absolute atomic E-state index is 0.0601. The number of benzene rings is 1. The molecular weight excluding hydrogens is 541 g/mol. The van der Waals surface area contributed by atoms with Crippen LogP contribution in [0.4, 0.5) is 10.5 Å². The predicted octanol–water partition coefficient (Wildman–Crippen LogP) is 1.40. The van der Waals surface area contributed by atoms with Gasteiger partial charge in [-0.15, -0.1) is 0 Å². The fourth-order valence-electron chi connectivity index (χ4n) is 3.23. The largest absolute Gasteiger partial charge is 0.508 e. The third-order valence-corrected chi connectivity index (χ3v) is 5.90. The molecule has 1 aliphatic heterocycles. The zero-order valence-electron chi connectivity index (χ0n) is 16.9. The molecule has 3 rings (SSSR count). The Hall–Kier alpha value is -2.78. The number of carbonyl (C=O) groups is 1. The van der Waals surface area contributed by atoms with E-state index >= 15 is 0 Å². The molecule has 0 spiro atoms. The van der Waals surface area contributed by atoms with Crippen molar-refractivity contribution in [2.45, 2.75) is 38.2 Å². The van der Waals surface area contributed by atoms with Crippen molar-refractivity contribution in [2.24, 2.45) is 0 Å². The lowest BCUT2D eigenvalue weighted by Crippen LogP contribution is -2.33. The number of nitrogens with zero attached hydrogens (tertiary/aromatic N) is 2. The highest BCUT2D eigenvalue weighted by molar-refractivity contribution is 14.1. The van der Waals surface area contributed by atoms with E-state index in [1.165, 1.54) is 19.2 Å². The van der Waals surface area contributed by atoms with E-state index < -0.39 is 40.8 Å². The number of nitro benzene ring substituents is 1. The number of carbonyl (C=O) groups excluding carboxylic acids is 1. The first-order valence-corrected chi connectivity index (χ1v) is 10.6. The number of aliphatic hydroxyl groups excluding tert-OH is 1. The molecule has 0 unspecified atom stereocenters. The second kappa shape index (κ2) is 10.2. The molecule has 1 aliphatic rings. The molecule has 1 aromatic heterocycles. The van der Waals surface area contributed by atoms with Gasteiger partial charge < -0.3 is 19.3 Å². The molecule has 0 bridgehead atoms. The minimum atomic E-state index is -1.02. The normalized spacial score (nSPS) is 20.2. The standard InChI is InChI=1S/C19H20IN3O9/c1-10-8-22(18(26)21-17(10)25)16-7-14(24)15(32-16)9-31-19(27)30-6-5-11-12(20)3-2-4-13(11)23(28)29/h2-4,8,14-16,24H,5-7,9H2,1H3,(H,21,25,26)/t14-,15+,16+/m0/s1. The number of hydrogen-bond donors (Lipinski definition) is 2. The minimum Gasteiger partial charge on any atom is -0.434 e. The van der Waals surface area contributed by atoms with E-state index in [1.807, 2.05) is 22.6 Å². The van der Waals surface area contributed by atoms with Crippen LogP contribution in [0, 0.1) is 20.6 Å². The first-order chi connectivity index (χ1) is 15.2. The fraction of sp³-hybridized carbons (Fsp3) is 0.421. The van der Waals surface area contributed by atoms with Gasteiger partial charge in [-0.05, 0) is 35.6 Å². The van der Waals surface area contributed by atoms with Crippen LogP contribution in [0.1, 0.15) is 23.8 Å². The summed E-state index contributed by atoms with van der Waals surface area (Å²) in [4.78, 5) is 48.1. The maximum atomic E-state index is 12.0. The number of hydrogen-bond acceptors (Lipinski definition) is 9. The van der Waals surface area contributed by atoms with Crippen molar-refractivity contribution >= 4 is 34.4 Å². The average molecular weight is 561 g/mol. The van der Waals surface area contributed by atoms with Crippen LogP contribution in [-0.4, -0.2) is 51.2 Å². The lowest BCUT2D eigenvalue weighted by molar-refractivity contribution is -0.385. The predicted molar refractivity (Wildman–Crippen MR) is 117 cm³/mol. The van der Waals surface area contributed by atoms with Crippen LogP contribution in [0.5, 0.6) is 0 Å². The van der Waals surface area contributed by atoms with E-state index in [-0.39, 0.29) is 31.7 Å². The zero-order valence-corrected chi connectivity index (χ0v) is 19.0. The molecule has 0 saturated carbocycles. The van der Waals surface area contributed by atoms with Gasteiger partial charge in [-0.3, -0.25) is 24.5 Å². The number of aromatic amines is 1. The van der Waals surface area contributed by atoms with Crippen molar-refractivity contribution in [3.05, 3.63) is 70.0 Å². The second-order valence-corrected chi connectivity index (χ2v) is 8.23. The second-order valence-electron chi connectivity index (χ2n) is 7.06. The van der Waals surface area contributed by atoms with Crippen molar-refractivity contribution in [1.82, 2.24) is 9.55 Å². The maximum Gasteiger partial charge on any atom is 0.508 e. The Balaban J connectivity index is 1.51. The Bertz CT molecular complexity index is 1130. The van der Waals surface area contributed by atoms with Gasteiger partial charge in [0.15, 0.2) is 0 Å². The summed E-state index contributed by atoms with van der Waals surface area (Å²) in [6.45, 7) is 1.07. The molecule has 0 aliphatic carbocycles. The Morgan fingerprint density at radius 1 is 1.41 bits per heavy atom. The summed E-state index contributed by atoms with van der Waals surface area (Å²) in [5.74, 6) is 0. The molecule has 1 saturated heterocycles. The van der Waals surface area contributed by atoms with Gasteiger partial charge in [-0.1, -0.05) is 6.07 Å². The first-order valence-electron chi connectivity index (χ1n) is 9.54. The molecule has 3 atom stereocenters. The summed E-state index contributed by atoms with van der Waals surface area (Å²) < 4.78 is 17.4. The zero-order chi connectivity index (χ0) is 23.4. The fourth-order valence-corrected chi connectivity index (χ4v) is 3.98. The van der Waals surface area contributed by atoms with Gasteiger partial charge in [0.2, 0.25) is 0 Å². The summed E-state index contributed by atoms with van der Waals surface area (Å²) in [7, 11) is 0. The number of nitro groups is 1. The number of halogens is 1. The van der Waals surface area contributed by atoms with Crippen molar-refractivity contribution < 1.29 is 29.0 Å². The van der Waals surface area contributed by atoms with Crippen molar-refractivity contribution in [3.63, 3.8) is 0 Å². The number of ether oxygens (including phenoxy) is 3. The van der Waals surface area contributed by atoms with Gasteiger partial charge >= 0.3 is 11.8 Å². The van der Waals surface area contributed by atoms with E-state index in [0.717, 1.165) is 4.57 Å². The third kappa shape index (κ3) is 5.52. The van der Waals surface area contributed by atoms with Crippen molar-refractivity contribution in [2.75, 3.05) is 13.2 Å². The van der Waals surface area contributed by atoms with Crippen LogP contribution < -0.4 is 11.2 Å². The van der Waals surface area contributed by atoms with Crippen LogP contribution in [0.3, 0.4) is 0 Å². The number of aryl methyl sites for hydroxylation is 1. The Kier molecular flexibility index (Phi) is 7.63. The average Bonchev–Trinajstić information content (AvgIpc) is 3.10. The van der Waals surface area contributed by atoms with Crippen LogP contribution >= 0.6 is 22.6 Å². The Morgan fingerprint density at radius 2 is 2.16 bits per heavy atom. The lowest BCUT2D eigenvalue weighted by Gasteiger charge is -2.16. The molecule has 2 N–H and O–H groups in total.